The number of carbonyl (C=O) groups excluding carboxylic acids is 1. The summed E-state index contributed by atoms with van der Waals surface area (Å²) in [6, 6.07) is 19.9. The lowest BCUT2D eigenvalue weighted by Gasteiger charge is -2.40. The predicted octanol–water partition coefficient (Wildman–Crippen LogP) is 4.04. The Hall–Kier alpha value is -2.33. The Morgan fingerprint density at radius 1 is 1.04 bits per heavy atom. The normalized spacial score (nSPS) is 18.2. The lowest BCUT2D eigenvalue weighted by molar-refractivity contribution is -0.134. The molecular weight excluding hydrogens is 346 g/mol. The Morgan fingerprint density at radius 3 is 2.36 bits per heavy atom. The molecule has 2 aliphatic rings. The van der Waals surface area contributed by atoms with Gasteiger partial charge in [-0.3, -0.25) is 9.69 Å². The Bertz CT molecular complexity index is 825. The van der Waals surface area contributed by atoms with Gasteiger partial charge in [0.25, 0.3) is 0 Å². The van der Waals surface area contributed by atoms with Crippen LogP contribution in [-0.4, -0.2) is 55.0 Å². The van der Waals surface area contributed by atoms with Crippen molar-refractivity contribution in [2.24, 2.45) is 0 Å². The van der Waals surface area contributed by atoms with Gasteiger partial charge >= 0.3 is 0 Å². The highest BCUT2D eigenvalue weighted by Crippen LogP contribution is 2.49. The first-order valence-electron chi connectivity index (χ1n) is 10.4. The molecule has 1 amide bonds. The van der Waals surface area contributed by atoms with E-state index in [1.54, 1.807) is 0 Å². The molecule has 148 valence electrons. The molecule has 2 heterocycles. The SMILES string of the molecule is CC(C)N(C)CC(=O)N1CCC2(CC1)CN(c1ccccc1)c1ccccc12. The standard InChI is InChI=1S/C24H31N3O/c1-19(2)25(3)17-23(28)26-15-13-24(14-16-26)18-27(20-9-5-4-6-10-20)22-12-8-7-11-21(22)24/h4-12,19H,13-18H2,1-3H3. The van der Waals surface area contributed by atoms with Crippen LogP contribution in [-0.2, 0) is 10.2 Å². The highest BCUT2D eigenvalue weighted by molar-refractivity contribution is 5.79. The third-order valence-corrected chi connectivity index (χ3v) is 6.63. The largest absolute Gasteiger partial charge is 0.342 e. The van der Waals surface area contributed by atoms with Crippen molar-refractivity contribution in [3.05, 3.63) is 60.2 Å². The number of likely N-dealkylation sites (N-methyl/N-ethyl adjacent to an activating group) is 1. The molecule has 0 aliphatic carbocycles. The fraction of sp³-hybridized carbons (Fsp3) is 0.458. The van der Waals surface area contributed by atoms with Crippen molar-refractivity contribution in [1.29, 1.82) is 0 Å². The van der Waals surface area contributed by atoms with Crippen LogP contribution >= 0.6 is 0 Å². The van der Waals surface area contributed by atoms with Crippen LogP contribution in [0.5, 0.6) is 0 Å². The van der Waals surface area contributed by atoms with E-state index in [1.807, 2.05) is 7.05 Å². The fourth-order valence-corrected chi connectivity index (χ4v) is 4.58. The quantitative estimate of drug-likeness (QED) is 0.805. The molecule has 0 saturated carbocycles. The molecule has 0 atom stereocenters. The van der Waals surface area contributed by atoms with Gasteiger partial charge in [-0.05, 0) is 57.5 Å². The summed E-state index contributed by atoms with van der Waals surface area (Å²) in [5, 5.41) is 0. The van der Waals surface area contributed by atoms with Crippen molar-refractivity contribution in [2.45, 2.75) is 38.1 Å². The van der Waals surface area contributed by atoms with E-state index < -0.39 is 0 Å². The highest BCUT2D eigenvalue weighted by Gasteiger charge is 2.45. The van der Waals surface area contributed by atoms with Crippen LogP contribution in [0, 0.1) is 0 Å². The maximum Gasteiger partial charge on any atom is 0.236 e. The number of piperidine rings is 1. The van der Waals surface area contributed by atoms with Crippen LogP contribution < -0.4 is 4.90 Å². The molecule has 1 saturated heterocycles. The molecule has 2 aromatic rings. The van der Waals surface area contributed by atoms with Crippen LogP contribution in [0.1, 0.15) is 32.3 Å². The topological polar surface area (TPSA) is 26.8 Å². The summed E-state index contributed by atoms with van der Waals surface area (Å²) in [6.45, 7) is 7.48. The minimum absolute atomic E-state index is 0.146. The average molecular weight is 378 g/mol. The van der Waals surface area contributed by atoms with Gasteiger partial charge in [-0.1, -0.05) is 36.4 Å². The van der Waals surface area contributed by atoms with Gasteiger partial charge in [0.15, 0.2) is 0 Å². The zero-order valence-corrected chi connectivity index (χ0v) is 17.3. The van der Waals surface area contributed by atoms with E-state index >= 15 is 0 Å². The molecule has 4 nitrogen and oxygen atoms in total. The minimum atomic E-state index is 0.146. The molecular formula is C24H31N3O. The maximum atomic E-state index is 12.7. The number of hydrogen-bond acceptors (Lipinski definition) is 3. The van der Waals surface area contributed by atoms with Gasteiger partial charge in [0.2, 0.25) is 5.91 Å². The molecule has 0 bridgehead atoms. The van der Waals surface area contributed by atoms with Gasteiger partial charge < -0.3 is 9.80 Å². The summed E-state index contributed by atoms with van der Waals surface area (Å²) in [6.07, 6.45) is 2.06. The van der Waals surface area contributed by atoms with Crippen LogP contribution in [0.3, 0.4) is 0 Å². The molecule has 4 rings (SSSR count). The number of nitrogens with zero attached hydrogens (tertiary/aromatic N) is 3. The fourth-order valence-electron chi connectivity index (χ4n) is 4.58. The van der Waals surface area contributed by atoms with Gasteiger partial charge in [0, 0.05) is 42.5 Å². The number of carbonyl (C=O) groups is 1. The molecule has 2 aliphatic heterocycles. The number of rotatable bonds is 4. The number of likely N-dealkylation sites (tertiary alicyclic amines) is 1. The van der Waals surface area contributed by atoms with Crippen LogP contribution in [0.25, 0.3) is 0 Å². The van der Waals surface area contributed by atoms with Crippen molar-refractivity contribution < 1.29 is 4.79 Å². The number of para-hydroxylation sites is 2. The first-order chi connectivity index (χ1) is 13.5. The van der Waals surface area contributed by atoms with E-state index in [9.17, 15) is 4.79 Å². The zero-order chi connectivity index (χ0) is 19.7. The molecule has 1 fully saturated rings. The zero-order valence-electron chi connectivity index (χ0n) is 17.3. The summed E-state index contributed by atoms with van der Waals surface area (Å²) in [4.78, 5) is 19.4. The van der Waals surface area contributed by atoms with E-state index in [2.05, 4.69) is 83.1 Å². The Labute approximate surface area is 168 Å². The first kappa shape index (κ1) is 19.0. The number of amides is 1. The Kier molecular flexibility index (Phi) is 5.15. The summed E-state index contributed by atoms with van der Waals surface area (Å²) in [7, 11) is 2.03. The van der Waals surface area contributed by atoms with Crippen LogP contribution in [0.15, 0.2) is 54.6 Å². The molecule has 1 spiro atoms. The van der Waals surface area contributed by atoms with Crippen LogP contribution in [0.2, 0.25) is 0 Å². The summed E-state index contributed by atoms with van der Waals surface area (Å²) < 4.78 is 0. The lowest BCUT2D eigenvalue weighted by Crippen LogP contribution is -2.49. The number of fused-ring (bicyclic) bond motifs is 2. The second-order valence-corrected chi connectivity index (χ2v) is 8.61. The van der Waals surface area contributed by atoms with Gasteiger partial charge in [-0.2, -0.15) is 0 Å². The van der Waals surface area contributed by atoms with Gasteiger partial charge in [0.05, 0.1) is 6.54 Å². The Morgan fingerprint density at radius 2 is 1.68 bits per heavy atom. The summed E-state index contributed by atoms with van der Waals surface area (Å²) >= 11 is 0. The van der Waals surface area contributed by atoms with Crippen LogP contribution in [0.4, 0.5) is 11.4 Å². The van der Waals surface area contributed by atoms with E-state index in [0.717, 1.165) is 32.5 Å². The highest BCUT2D eigenvalue weighted by atomic mass is 16.2. The third kappa shape index (κ3) is 3.42. The summed E-state index contributed by atoms with van der Waals surface area (Å²) in [5.41, 5.74) is 4.18. The second kappa shape index (κ2) is 7.59. The monoisotopic (exact) mass is 377 g/mol. The maximum absolute atomic E-state index is 12.7. The molecule has 0 aromatic heterocycles. The van der Waals surface area contributed by atoms with E-state index in [-0.39, 0.29) is 11.3 Å². The molecule has 28 heavy (non-hydrogen) atoms. The molecule has 0 N–H and O–H groups in total. The lowest BCUT2D eigenvalue weighted by atomic mass is 9.74. The third-order valence-electron chi connectivity index (χ3n) is 6.63. The predicted molar refractivity (Wildman–Crippen MR) is 115 cm³/mol. The van der Waals surface area contributed by atoms with Crippen molar-refractivity contribution in [3.8, 4) is 0 Å². The number of anilines is 2. The van der Waals surface area contributed by atoms with Gasteiger partial charge in [0.1, 0.15) is 0 Å². The number of benzene rings is 2. The van der Waals surface area contributed by atoms with Crippen molar-refractivity contribution in [3.63, 3.8) is 0 Å². The molecule has 4 heteroatoms. The van der Waals surface area contributed by atoms with E-state index in [0.29, 0.717) is 12.6 Å². The molecule has 0 unspecified atom stereocenters. The van der Waals surface area contributed by atoms with Gasteiger partial charge in [-0.25, -0.2) is 0 Å². The van der Waals surface area contributed by atoms with Crippen molar-refractivity contribution in [1.82, 2.24) is 9.80 Å². The smallest absolute Gasteiger partial charge is 0.236 e. The minimum Gasteiger partial charge on any atom is -0.342 e. The van der Waals surface area contributed by atoms with Crippen molar-refractivity contribution in [2.75, 3.05) is 38.1 Å². The number of hydrogen-bond donors (Lipinski definition) is 0. The van der Waals surface area contributed by atoms with E-state index in [4.69, 9.17) is 0 Å². The van der Waals surface area contributed by atoms with Crippen molar-refractivity contribution >= 4 is 17.3 Å². The first-order valence-corrected chi connectivity index (χ1v) is 10.4. The second-order valence-electron chi connectivity index (χ2n) is 8.61. The van der Waals surface area contributed by atoms with E-state index in [1.165, 1.54) is 16.9 Å². The summed E-state index contributed by atoms with van der Waals surface area (Å²) in [5.74, 6) is 0.261. The Balaban J connectivity index is 1.52. The molecule has 0 radical (unpaired) electrons. The van der Waals surface area contributed by atoms with Gasteiger partial charge in [-0.15, -0.1) is 0 Å². The average Bonchev–Trinajstić information content (AvgIpc) is 3.03. The molecule has 2 aromatic carbocycles.